The number of hydrogen-bond acceptors (Lipinski definition) is 3. The van der Waals surface area contributed by atoms with Crippen molar-refractivity contribution < 1.29 is 4.79 Å². The van der Waals surface area contributed by atoms with Crippen LogP contribution in [0.25, 0.3) is 0 Å². The molecular formula is C10H17N3OS. The number of amides is 2. The average molecular weight is 227 g/mol. The Morgan fingerprint density at radius 2 is 2.33 bits per heavy atom. The van der Waals surface area contributed by atoms with Gasteiger partial charge in [0.1, 0.15) is 0 Å². The maximum atomic E-state index is 11.4. The van der Waals surface area contributed by atoms with Crippen LogP contribution in [0.2, 0.25) is 0 Å². The van der Waals surface area contributed by atoms with E-state index < -0.39 is 0 Å². The molecule has 2 N–H and O–H groups in total. The van der Waals surface area contributed by atoms with Gasteiger partial charge in [0.05, 0.1) is 6.54 Å². The summed E-state index contributed by atoms with van der Waals surface area (Å²) >= 11 is 1.57. The molecule has 0 saturated carbocycles. The minimum atomic E-state index is -0.219. The summed E-state index contributed by atoms with van der Waals surface area (Å²) in [5.74, 6) is 1.40. The van der Waals surface area contributed by atoms with Crippen LogP contribution in [0.5, 0.6) is 0 Å². The number of nitrogens with zero attached hydrogens (tertiary/aromatic N) is 1. The first kappa shape index (κ1) is 12.1. The second-order valence-corrected chi connectivity index (χ2v) is 4.76. The molecule has 0 aromatic carbocycles. The number of allylic oxidation sites excluding steroid dienone is 1. The molecule has 0 aromatic rings. The van der Waals surface area contributed by atoms with E-state index in [0.717, 1.165) is 17.9 Å². The van der Waals surface area contributed by atoms with E-state index >= 15 is 0 Å². The predicted molar refractivity (Wildman–Crippen MR) is 65.0 cm³/mol. The van der Waals surface area contributed by atoms with E-state index in [1.54, 1.807) is 18.0 Å². The van der Waals surface area contributed by atoms with Gasteiger partial charge < -0.3 is 5.32 Å². The topological polar surface area (TPSA) is 53.5 Å². The maximum absolute atomic E-state index is 11.4. The van der Waals surface area contributed by atoms with Crippen LogP contribution >= 0.6 is 11.8 Å². The monoisotopic (exact) mass is 227 g/mol. The smallest absolute Gasteiger partial charge is 0.314 e. The predicted octanol–water partition coefficient (Wildman–Crippen LogP) is 1.95. The fraction of sp³-hybridized carbons (Fsp3) is 0.600. The van der Waals surface area contributed by atoms with E-state index in [1.165, 1.54) is 0 Å². The van der Waals surface area contributed by atoms with Gasteiger partial charge in [0, 0.05) is 12.0 Å². The van der Waals surface area contributed by atoms with Gasteiger partial charge in [0.25, 0.3) is 0 Å². The third kappa shape index (κ3) is 4.38. The van der Waals surface area contributed by atoms with Crippen molar-refractivity contribution in [3.8, 4) is 0 Å². The van der Waals surface area contributed by atoms with Crippen molar-refractivity contribution in [2.75, 3.05) is 12.3 Å². The van der Waals surface area contributed by atoms with E-state index in [2.05, 4.69) is 29.5 Å². The number of carbonyl (C=O) groups excluding carboxylic acids is 1. The Bertz CT molecular complexity index is 297. The molecule has 1 rings (SSSR count). The Kier molecular flexibility index (Phi) is 4.68. The SMILES string of the molecule is C/C(=C\NC(=O)NC1=NCCS1)C(C)C. The van der Waals surface area contributed by atoms with E-state index in [-0.39, 0.29) is 6.03 Å². The van der Waals surface area contributed by atoms with Gasteiger partial charge >= 0.3 is 6.03 Å². The molecule has 2 amide bonds. The van der Waals surface area contributed by atoms with Gasteiger partial charge in [-0.25, -0.2) is 4.79 Å². The van der Waals surface area contributed by atoms with Gasteiger partial charge in [-0.15, -0.1) is 0 Å². The van der Waals surface area contributed by atoms with Gasteiger partial charge in [0.2, 0.25) is 0 Å². The quantitative estimate of drug-likeness (QED) is 0.757. The minimum absolute atomic E-state index is 0.219. The number of rotatable bonds is 2. The van der Waals surface area contributed by atoms with Crippen molar-refractivity contribution in [1.29, 1.82) is 0 Å². The summed E-state index contributed by atoms with van der Waals surface area (Å²) in [4.78, 5) is 15.5. The normalized spacial score (nSPS) is 16.5. The zero-order valence-electron chi connectivity index (χ0n) is 9.33. The number of thioether (sulfide) groups is 1. The maximum Gasteiger partial charge on any atom is 0.324 e. The number of nitrogens with one attached hydrogen (secondary N) is 2. The van der Waals surface area contributed by atoms with Crippen LogP contribution in [0.4, 0.5) is 4.79 Å². The molecule has 4 nitrogen and oxygen atoms in total. The largest absolute Gasteiger partial charge is 0.324 e. The van der Waals surface area contributed by atoms with E-state index in [0.29, 0.717) is 11.1 Å². The fourth-order valence-corrected chi connectivity index (χ4v) is 1.61. The van der Waals surface area contributed by atoms with Crippen LogP contribution in [0.3, 0.4) is 0 Å². The van der Waals surface area contributed by atoms with Crippen LogP contribution in [-0.4, -0.2) is 23.5 Å². The number of hydrogen-bond donors (Lipinski definition) is 2. The zero-order chi connectivity index (χ0) is 11.3. The molecule has 0 atom stereocenters. The first-order valence-electron chi connectivity index (χ1n) is 5.01. The number of aliphatic imine (C=N–C) groups is 1. The molecule has 1 aliphatic heterocycles. The fourth-order valence-electron chi connectivity index (χ4n) is 0.890. The highest BCUT2D eigenvalue weighted by Crippen LogP contribution is 2.08. The first-order valence-corrected chi connectivity index (χ1v) is 5.99. The highest BCUT2D eigenvalue weighted by Gasteiger charge is 2.09. The molecule has 0 unspecified atom stereocenters. The lowest BCUT2D eigenvalue weighted by Crippen LogP contribution is -2.35. The summed E-state index contributed by atoms with van der Waals surface area (Å²) in [6, 6.07) is -0.219. The molecule has 15 heavy (non-hydrogen) atoms. The molecule has 0 saturated heterocycles. The van der Waals surface area contributed by atoms with Gasteiger partial charge in [-0.05, 0) is 12.8 Å². The summed E-state index contributed by atoms with van der Waals surface area (Å²) in [5.41, 5.74) is 1.14. The summed E-state index contributed by atoms with van der Waals surface area (Å²) in [7, 11) is 0. The van der Waals surface area contributed by atoms with Gasteiger partial charge in [-0.3, -0.25) is 10.3 Å². The molecule has 5 heteroatoms. The van der Waals surface area contributed by atoms with Crippen molar-refractivity contribution in [2.24, 2.45) is 10.9 Å². The molecule has 0 spiro atoms. The number of amidine groups is 1. The molecule has 84 valence electrons. The third-order valence-corrected chi connectivity index (χ3v) is 3.04. The van der Waals surface area contributed by atoms with Crippen LogP contribution in [0, 0.1) is 5.92 Å². The molecule has 0 aromatic heterocycles. The number of urea groups is 1. The van der Waals surface area contributed by atoms with Crippen LogP contribution < -0.4 is 10.6 Å². The van der Waals surface area contributed by atoms with E-state index in [9.17, 15) is 4.79 Å². The summed E-state index contributed by atoms with van der Waals surface area (Å²) in [6.45, 7) is 6.96. The standard InChI is InChI=1S/C10H17N3OS/c1-7(2)8(3)6-12-9(14)13-10-11-4-5-15-10/h6-7H,4-5H2,1-3H3,(H2,11,12,13,14)/b8-6+. The Morgan fingerprint density at radius 3 is 2.87 bits per heavy atom. The first-order chi connectivity index (χ1) is 7.09. The van der Waals surface area contributed by atoms with Crippen molar-refractivity contribution in [3.63, 3.8) is 0 Å². The molecule has 0 aliphatic carbocycles. The molecule has 1 heterocycles. The summed E-state index contributed by atoms with van der Waals surface area (Å²) in [5, 5.41) is 6.09. The van der Waals surface area contributed by atoms with E-state index in [1.807, 2.05) is 6.92 Å². The molecular weight excluding hydrogens is 210 g/mol. The Morgan fingerprint density at radius 1 is 1.60 bits per heavy atom. The Balaban J connectivity index is 2.33. The van der Waals surface area contributed by atoms with Gasteiger partial charge in [0.15, 0.2) is 5.17 Å². The summed E-state index contributed by atoms with van der Waals surface area (Å²) < 4.78 is 0. The highest BCUT2D eigenvalue weighted by atomic mass is 32.2. The van der Waals surface area contributed by atoms with Crippen molar-refractivity contribution in [3.05, 3.63) is 11.8 Å². The lowest BCUT2D eigenvalue weighted by Gasteiger charge is -2.06. The zero-order valence-corrected chi connectivity index (χ0v) is 10.1. The minimum Gasteiger partial charge on any atom is -0.314 e. The van der Waals surface area contributed by atoms with Crippen LogP contribution in [0.1, 0.15) is 20.8 Å². The Labute approximate surface area is 94.6 Å². The molecule has 0 bridgehead atoms. The van der Waals surface area contributed by atoms with Gasteiger partial charge in [-0.2, -0.15) is 0 Å². The third-order valence-electron chi connectivity index (χ3n) is 2.15. The lowest BCUT2D eigenvalue weighted by atomic mass is 10.1. The number of carbonyl (C=O) groups is 1. The van der Waals surface area contributed by atoms with Crippen molar-refractivity contribution >= 4 is 23.0 Å². The van der Waals surface area contributed by atoms with E-state index in [4.69, 9.17) is 0 Å². The van der Waals surface area contributed by atoms with Crippen molar-refractivity contribution in [2.45, 2.75) is 20.8 Å². The summed E-state index contributed by atoms with van der Waals surface area (Å²) in [6.07, 6.45) is 1.74. The second-order valence-electron chi connectivity index (χ2n) is 3.68. The molecule has 0 fully saturated rings. The lowest BCUT2D eigenvalue weighted by molar-refractivity contribution is 0.248. The second kappa shape index (κ2) is 5.80. The van der Waals surface area contributed by atoms with Gasteiger partial charge in [-0.1, -0.05) is 31.2 Å². The van der Waals surface area contributed by atoms with Crippen molar-refractivity contribution in [1.82, 2.24) is 10.6 Å². The molecule has 1 aliphatic rings. The molecule has 0 radical (unpaired) electrons. The Hall–Kier alpha value is -0.970. The highest BCUT2D eigenvalue weighted by molar-refractivity contribution is 8.14. The van der Waals surface area contributed by atoms with Crippen LogP contribution in [-0.2, 0) is 0 Å². The average Bonchev–Trinajstić information content (AvgIpc) is 2.66. The van der Waals surface area contributed by atoms with Crippen LogP contribution in [0.15, 0.2) is 16.8 Å².